The molecular weight excluding hydrogens is 204 g/mol. The molecule has 0 aliphatic rings. The molecule has 0 fully saturated rings. The number of nitrogens with one attached hydrogen (secondary N) is 1. The highest BCUT2D eigenvalue weighted by Crippen LogP contribution is 2.24. The molecule has 92 valence electrons. The highest BCUT2D eigenvalue weighted by molar-refractivity contribution is 5.27. The van der Waals surface area contributed by atoms with Gasteiger partial charge in [0.15, 0.2) is 0 Å². The summed E-state index contributed by atoms with van der Waals surface area (Å²) in [4.78, 5) is 0. The average Bonchev–Trinajstić information content (AvgIpc) is 2.50. The highest BCUT2D eigenvalue weighted by Gasteiger charge is 2.18. The third-order valence-electron chi connectivity index (χ3n) is 2.96. The number of ether oxygens (including phenoxy) is 1. The Bertz CT molecular complexity index is 335. The quantitative estimate of drug-likeness (QED) is 0.431. The summed E-state index contributed by atoms with van der Waals surface area (Å²) in [6.07, 6.45) is 1.94. The molecule has 1 unspecified atom stereocenters. The molecule has 0 aliphatic heterocycles. The van der Waals surface area contributed by atoms with Gasteiger partial charge in [-0.15, -0.1) is 0 Å². The zero-order valence-corrected chi connectivity index (χ0v) is 10.6. The lowest BCUT2D eigenvalue weighted by molar-refractivity contribution is 0.188. The minimum absolute atomic E-state index is 0.156. The second-order valence-corrected chi connectivity index (χ2v) is 4.06. The molecule has 0 radical (unpaired) electrons. The molecule has 0 saturated heterocycles. The van der Waals surface area contributed by atoms with Crippen LogP contribution in [0.1, 0.15) is 35.8 Å². The van der Waals surface area contributed by atoms with Gasteiger partial charge in [0.1, 0.15) is 0 Å². The number of hydrogen-bond acceptors (Lipinski definition) is 4. The van der Waals surface area contributed by atoms with Gasteiger partial charge in [-0.05, 0) is 26.7 Å². The molecule has 5 nitrogen and oxygen atoms in total. The van der Waals surface area contributed by atoms with E-state index in [0.717, 1.165) is 30.8 Å². The van der Waals surface area contributed by atoms with Crippen LogP contribution in [0.2, 0.25) is 0 Å². The monoisotopic (exact) mass is 226 g/mol. The molecule has 5 heteroatoms. The fraction of sp³-hybridized carbons (Fsp3) is 0.727. The van der Waals surface area contributed by atoms with Crippen LogP contribution in [0.5, 0.6) is 0 Å². The molecule has 0 bridgehead atoms. The van der Waals surface area contributed by atoms with Gasteiger partial charge in [0.2, 0.25) is 0 Å². The minimum atomic E-state index is 0.156. The van der Waals surface area contributed by atoms with E-state index in [0.29, 0.717) is 0 Å². The molecule has 1 heterocycles. The highest BCUT2D eigenvalue weighted by atomic mass is 16.5. The van der Waals surface area contributed by atoms with E-state index in [1.807, 2.05) is 18.7 Å². The van der Waals surface area contributed by atoms with Crippen LogP contribution >= 0.6 is 0 Å². The lowest BCUT2D eigenvalue weighted by atomic mass is 10.0. The van der Waals surface area contributed by atoms with Crippen molar-refractivity contribution in [3.8, 4) is 0 Å². The van der Waals surface area contributed by atoms with Gasteiger partial charge in [-0.25, -0.2) is 0 Å². The van der Waals surface area contributed by atoms with Crippen LogP contribution in [-0.2, 0) is 11.8 Å². The van der Waals surface area contributed by atoms with E-state index in [1.165, 1.54) is 5.56 Å². The summed E-state index contributed by atoms with van der Waals surface area (Å²) in [6.45, 7) is 4.84. The number of hydrazine groups is 1. The standard InChI is InChI=1S/C11H22N4O/c1-8-11(9(2)15(3)14-8)10(13-12)6-5-7-16-4/h10,13H,5-7,12H2,1-4H3. The number of methoxy groups -OCH3 is 1. The van der Waals surface area contributed by atoms with Gasteiger partial charge in [0.05, 0.1) is 5.69 Å². The smallest absolute Gasteiger partial charge is 0.0644 e. The molecule has 0 spiro atoms. The van der Waals surface area contributed by atoms with Crippen molar-refractivity contribution in [2.24, 2.45) is 12.9 Å². The van der Waals surface area contributed by atoms with Crippen molar-refractivity contribution in [3.05, 3.63) is 17.0 Å². The number of aromatic nitrogens is 2. The third-order valence-corrected chi connectivity index (χ3v) is 2.96. The summed E-state index contributed by atoms with van der Waals surface area (Å²) in [5.74, 6) is 5.61. The first-order valence-corrected chi connectivity index (χ1v) is 5.57. The van der Waals surface area contributed by atoms with Crippen LogP contribution in [0, 0.1) is 13.8 Å². The predicted molar refractivity (Wildman–Crippen MR) is 63.9 cm³/mol. The Morgan fingerprint density at radius 1 is 1.50 bits per heavy atom. The van der Waals surface area contributed by atoms with Crippen molar-refractivity contribution >= 4 is 0 Å². The Hall–Kier alpha value is -0.910. The average molecular weight is 226 g/mol. The number of rotatable bonds is 6. The maximum atomic E-state index is 5.61. The summed E-state index contributed by atoms with van der Waals surface area (Å²) in [5.41, 5.74) is 6.28. The van der Waals surface area contributed by atoms with E-state index in [1.54, 1.807) is 7.11 Å². The normalized spacial score (nSPS) is 13.1. The predicted octanol–water partition coefficient (Wildman–Crippen LogP) is 0.968. The molecule has 16 heavy (non-hydrogen) atoms. The minimum Gasteiger partial charge on any atom is -0.385 e. The zero-order chi connectivity index (χ0) is 12.1. The molecule has 1 atom stereocenters. The molecule has 1 rings (SSSR count). The van der Waals surface area contributed by atoms with Crippen molar-refractivity contribution in [3.63, 3.8) is 0 Å². The molecule has 1 aromatic rings. The van der Waals surface area contributed by atoms with E-state index in [-0.39, 0.29) is 6.04 Å². The van der Waals surface area contributed by atoms with Gasteiger partial charge < -0.3 is 4.74 Å². The van der Waals surface area contributed by atoms with E-state index in [2.05, 4.69) is 17.4 Å². The van der Waals surface area contributed by atoms with Crippen LogP contribution in [0.3, 0.4) is 0 Å². The second kappa shape index (κ2) is 5.98. The van der Waals surface area contributed by atoms with E-state index < -0.39 is 0 Å². The van der Waals surface area contributed by atoms with Crippen molar-refractivity contribution in [1.82, 2.24) is 15.2 Å². The summed E-state index contributed by atoms with van der Waals surface area (Å²) in [7, 11) is 3.67. The largest absolute Gasteiger partial charge is 0.385 e. The fourth-order valence-corrected chi connectivity index (χ4v) is 2.04. The first-order valence-electron chi connectivity index (χ1n) is 5.57. The lowest BCUT2D eigenvalue weighted by Crippen LogP contribution is -2.29. The van der Waals surface area contributed by atoms with E-state index in [9.17, 15) is 0 Å². The van der Waals surface area contributed by atoms with Crippen LogP contribution < -0.4 is 11.3 Å². The van der Waals surface area contributed by atoms with Crippen molar-refractivity contribution < 1.29 is 4.74 Å². The van der Waals surface area contributed by atoms with Gasteiger partial charge in [0, 0.05) is 38.1 Å². The number of hydrogen-bond donors (Lipinski definition) is 2. The van der Waals surface area contributed by atoms with Crippen LogP contribution in [0.25, 0.3) is 0 Å². The SMILES string of the molecule is COCCCC(NN)c1c(C)nn(C)c1C. The first-order chi connectivity index (χ1) is 7.61. The maximum absolute atomic E-state index is 5.61. The Morgan fingerprint density at radius 3 is 2.62 bits per heavy atom. The summed E-state index contributed by atoms with van der Waals surface area (Å²) < 4.78 is 6.94. The molecule has 0 saturated carbocycles. The summed E-state index contributed by atoms with van der Waals surface area (Å²) >= 11 is 0. The Kier molecular flexibility index (Phi) is 4.92. The van der Waals surface area contributed by atoms with Gasteiger partial charge in [-0.1, -0.05) is 0 Å². The molecule has 0 aromatic carbocycles. The fourth-order valence-electron chi connectivity index (χ4n) is 2.04. The van der Waals surface area contributed by atoms with E-state index >= 15 is 0 Å². The van der Waals surface area contributed by atoms with Crippen molar-refractivity contribution in [2.75, 3.05) is 13.7 Å². The molecule has 1 aromatic heterocycles. The molecule has 3 N–H and O–H groups in total. The number of nitrogens with zero attached hydrogens (tertiary/aromatic N) is 2. The zero-order valence-electron chi connectivity index (χ0n) is 10.6. The van der Waals surface area contributed by atoms with E-state index in [4.69, 9.17) is 10.6 Å². The summed E-state index contributed by atoms with van der Waals surface area (Å²) in [5, 5.41) is 4.40. The molecular formula is C11H22N4O. The lowest BCUT2D eigenvalue weighted by Gasteiger charge is -2.16. The molecule has 0 amide bonds. The number of aryl methyl sites for hydroxylation is 2. The van der Waals surface area contributed by atoms with Crippen molar-refractivity contribution in [2.45, 2.75) is 32.7 Å². The van der Waals surface area contributed by atoms with Crippen LogP contribution in [0.15, 0.2) is 0 Å². The van der Waals surface area contributed by atoms with Crippen molar-refractivity contribution in [1.29, 1.82) is 0 Å². The third kappa shape index (κ3) is 2.81. The van der Waals surface area contributed by atoms with Gasteiger partial charge >= 0.3 is 0 Å². The summed E-state index contributed by atoms with van der Waals surface area (Å²) in [6, 6.07) is 0.156. The topological polar surface area (TPSA) is 65.1 Å². The Balaban J connectivity index is 2.78. The Labute approximate surface area is 96.9 Å². The van der Waals surface area contributed by atoms with Crippen LogP contribution in [0.4, 0.5) is 0 Å². The Morgan fingerprint density at radius 2 is 2.19 bits per heavy atom. The van der Waals surface area contributed by atoms with Gasteiger partial charge in [-0.2, -0.15) is 5.10 Å². The maximum Gasteiger partial charge on any atom is 0.0644 e. The van der Waals surface area contributed by atoms with Gasteiger partial charge in [0.25, 0.3) is 0 Å². The van der Waals surface area contributed by atoms with Gasteiger partial charge in [-0.3, -0.25) is 16.0 Å². The first kappa shape index (κ1) is 13.2. The second-order valence-electron chi connectivity index (χ2n) is 4.06. The number of nitrogens with two attached hydrogens (primary N) is 1. The van der Waals surface area contributed by atoms with Crippen LogP contribution in [-0.4, -0.2) is 23.5 Å². The molecule has 0 aliphatic carbocycles.